The Hall–Kier alpha value is -3.42. The lowest BCUT2D eigenvalue weighted by atomic mass is 9.50. The van der Waals surface area contributed by atoms with Crippen LogP contribution < -0.4 is 28.4 Å². The third-order valence-corrected chi connectivity index (χ3v) is 6.25. The van der Waals surface area contributed by atoms with Gasteiger partial charge in [0, 0.05) is 47.2 Å². The topological polar surface area (TPSA) is 89.5 Å². The van der Waals surface area contributed by atoms with Gasteiger partial charge in [0.1, 0.15) is 34.5 Å². The minimum Gasteiger partial charge on any atom is -0.496 e. The van der Waals surface area contributed by atoms with Crippen LogP contribution in [0.1, 0.15) is 23.0 Å². The first-order valence-corrected chi connectivity index (χ1v) is 9.47. The van der Waals surface area contributed by atoms with Gasteiger partial charge in [-0.15, -0.1) is 0 Å². The molecule has 1 aliphatic carbocycles. The Bertz CT molecular complexity index is 982. The maximum Gasteiger partial charge on any atom is 0.315 e. The van der Waals surface area contributed by atoms with Crippen LogP contribution >= 0.6 is 0 Å². The van der Waals surface area contributed by atoms with E-state index in [-0.39, 0.29) is 0 Å². The van der Waals surface area contributed by atoms with Gasteiger partial charge in [0.2, 0.25) is 0 Å². The number of benzene rings is 2. The molecule has 1 fully saturated rings. The first-order chi connectivity index (χ1) is 14.5. The number of methoxy groups -OCH3 is 4. The molecule has 0 spiro atoms. The van der Waals surface area contributed by atoms with Gasteiger partial charge in [-0.25, -0.2) is 0 Å². The van der Waals surface area contributed by atoms with Crippen molar-refractivity contribution < 1.29 is 38.0 Å². The van der Waals surface area contributed by atoms with Crippen molar-refractivity contribution in [3.63, 3.8) is 0 Å². The zero-order valence-corrected chi connectivity index (χ0v) is 16.9. The second kappa shape index (κ2) is 6.55. The summed E-state index contributed by atoms with van der Waals surface area (Å²) in [5.74, 6) is -0.0543. The first kappa shape index (κ1) is 18.6. The fraction of sp³-hybridized carbons (Fsp3) is 0.364. The summed E-state index contributed by atoms with van der Waals surface area (Å²) in [5.41, 5.74) is 1.36. The number of hydrogen-bond donors (Lipinski definition) is 0. The SMILES string of the molecule is COc1cc(OC)c2c(c1)OC(=O)C1C2C2C(=O)Oc3cc(OC)cc(OC)c3C12. The maximum atomic E-state index is 13.0. The fourth-order valence-electron chi connectivity index (χ4n) is 4.96. The highest BCUT2D eigenvalue weighted by Crippen LogP contribution is 2.67. The molecule has 0 aromatic heterocycles. The number of carbonyl (C=O) groups excluding carboxylic acids is 2. The standard InChI is InChI=1S/C22H20O8/c1-25-9-5-11(27-3)15-13(7-9)29-21(23)19-17(15)20-18(19)16-12(28-4)6-10(26-2)8-14(16)30-22(20)24/h5-8,17-20H,1-4H3. The number of ether oxygens (including phenoxy) is 6. The van der Waals surface area contributed by atoms with Crippen LogP contribution in [0.2, 0.25) is 0 Å². The highest BCUT2D eigenvalue weighted by Gasteiger charge is 2.65. The molecule has 2 aromatic rings. The number of carbonyl (C=O) groups is 2. The molecule has 0 N–H and O–H groups in total. The fourth-order valence-corrected chi connectivity index (χ4v) is 4.96. The highest BCUT2D eigenvalue weighted by atomic mass is 16.6. The van der Waals surface area contributed by atoms with Crippen molar-refractivity contribution >= 4 is 11.9 Å². The van der Waals surface area contributed by atoms with Crippen molar-refractivity contribution in [3.8, 4) is 34.5 Å². The average Bonchev–Trinajstić information content (AvgIpc) is 2.73. The van der Waals surface area contributed by atoms with E-state index < -0.39 is 35.6 Å². The van der Waals surface area contributed by atoms with E-state index in [2.05, 4.69) is 0 Å². The molecule has 0 bridgehead atoms. The van der Waals surface area contributed by atoms with E-state index in [1.54, 1.807) is 24.3 Å². The molecule has 0 amide bonds. The molecule has 8 nitrogen and oxygen atoms in total. The monoisotopic (exact) mass is 412 g/mol. The Labute approximate surface area is 172 Å². The molecule has 3 aliphatic rings. The molecule has 8 heteroatoms. The minimum atomic E-state index is -0.557. The Morgan fingerprint density at radius 1 is 0.600 bits per heavy atom. The summed E-state index contributed by atoms with van der Waals surface area (Å²) in [5, 5.41) is 0. The van der Waals surface area contributed by atoms with Gasteiger partial charge in [0.25, 0.3) is 0 Å². The third-order valence-electron chi connectivity index (χ3n) is 6.25. The van der Waals surface area contributed by atoms with Gasteiger partial charge in [0.15, 0.2) is 0 Å². The lowest BCUT2D eigenvalue weighted by Gasteiger charge is -2.53. The molecule has 0 atom stereocenters. The van der Waals surface area contributed by atoms with Crippen molar-refractivity contribution in [2.75, 3.05) is 28.4 Å². The summed E-state index contributed by atoms with van der Waals surface area (Å²) in [7, 11) is 6.09. The molecular formula is C22H20O8. The summed E-state index contributed by atoms with van der Waals surface area (Å²) in [6.45, 7) is 0. The van der Waals surface area contributed by atoms with Gasteiger partial charge in [-0.3, -0.25) is 9.59 Å². The summed E-state index contributed by atoms with van der Waals surface area (Å²) in [6.07, 6.45) is 0. The van der Waals surface area contributed by atoms with Gasteiger partial charge in [0.05, 0.1) is 40.3 Å². The van der Waals surface area contributed by atoms with Crippen LogP contribution in [-0.4, -0.2) is 40.4 Å². The van der Waals surface area contributed by atoms with Crippen LogP contribution in [0.5, 0.6) is 34.5 Å². The molecule has 2 heterocycles. The predicted molar refractivity (Wildman–Crippen MR) is 103 cm³/mol. The summed E-state index contributed by atoms with van der Waals surface area (Å²) < 4.78 is 32.9. The largest absolute Gasteiger partial charge is 0.496 e. The first-order valence-electron chi connectivity index (χ1n) is 9.47. The van der Waals surface area contributed by atoms with E-state index in [4.69, 9.17) is 28.4 Å². The average molecular weight is 412 g/mol. The minimum absolute atomic E-state index is 0.344. The third kappa shape index (κ3) is 2.33. The zero-order valence-electron chi connectivity index (χ0n) is 16.9. The van der Waals surface area contributed by atoms with Crippen LogP contribution in [0.25, 0.3) is 0 Å². The molecule has 0 unspecified atom stereocenters. The predicted octanol–water partition coefficient (Wildman–Crippen LogP) is 2.67. The van der Waals surface area contributed by atoms with Gasteiger partial charge in [-0.1, -0.05) is 0 Å². The molecule has 0 radical (unpaired) electrons. The second-order valence-corrected chi connectivity index (χ2v) is 7.43. The lowest BCUT2D eigenvalue weighted by molar-refractivity contribution is -0.161. The highest BCUT2D eigenvalue weighted by molar-refractivity contribution is 5.92. The lowest BCUT2D eigenvalue weighted by Crippen LogP contribution is -2.56. The second-order valence-electron chi connectivity index (χ2n) is 7.43. The normalized spacial score (nSPS) is 25.3. The van der Waals surface area contributed by atoms with Crippen LogP contribution in [0.3, 0.4) is 0 Å². The van der Waals surface area contributed by atoms with E-state index in [9.17, 15) is 9.59 Å². The van der Waals surface area contributed by atoms with Crippen molar-refractivity contribution in [2.45, 2.75) is 11.8 Å². The molecular weight excluding hydrogens is 392 g/mol. The summed E-state index contributed by atoms with van der Waals surface area (Å²) in [4.78, 5) is 26.0. The molecule has 2 aromatic carbocycles. The molecule has 5 rings (SSSR count). The van der Waals surface area contributed by atoms with Gasteiger partial charge < -0.3 is 28.4 Å². The summed E-state index contributed by atoms with van der Waals surface area (Å²) >= 11 is 0. The van der Waals surface area contributed by atoms with E-state index in [0.29, 0.717) is 45.6 Å². The summed E-state index contributed by atoms with van der Waals surface area (Å²) in [6, 6.07) is 6.70. The zero-order chi connectivity index (χ0) is 21.2. The van der Waals surface area contributed by atoms with Crippen LogP contribution in [0, 0.1) is 11.8 Å². The van der Waals surface area contributed by atoms with Gasteiger partial charge >= 0.3 is 11.9 Å². The Morgan fingerprint density at radius 2 is 1.00 bits per heavy atom. The van der Waals surface area contributed by atoms with E-state index in [0.717, 1.165) is 0 Å². The molecule has 1 saturated carbocycles. The maximum absolute atomic E-state index is 13.0. The van der Waals surface area contributed by atoms with Crippen LogP contribution in [0.15, 0.2) is 24.3 Å². The number of esters is 2. The number of fused-ring (bicyclic) bond motifs is 8. The molecule has 30 heavy (non-hydrogen) atoms. The van der Waals surface area contributed by atoms with E-state index in [1.807, 2.05) is 0 Å². The van der Waals surface area contributed by atoms with Crippen molar-refractivity contribution in [1.82, 2.24) is 0 Å². The van der Waals surface area contributed by atoms with Crippen LogP contribution in [-0.2, 0) is 9.59 Å². The Balaban J connectivity index is 1.67. The Morgan fingerprint density at radius 3 is 1.33 bits per heavy atom. The van der Waals surface area contributed by atoms with E-state index >= 15 is 0 Å². The molecule has 2 aliphatic heterocycles. The van der Waals surface area contributed by atoms with E-state index in [1.165, 1.54) is 28.4 Å². The molecule has 156 valence electrons. The van der Waals surface area contributed by atoms with Crippen LogP contribution in [0.4, 0.5) is 0 Å². The molecule has 0 saturated heterocycles. The van der Waals surface area contributed by atoms with Crippen molar-refractivity contribution in [3.05, 3.63) is 35.4 Å². The van der Waals surface area contributed by atoms with Crippen molar-refractivity contribution in [2.24, 2.45) is 11.8 Å². The van der Waals surface area contributed by atoms with Crippen molar-refractivity contribution in [1.29, 1.82) is 0 Å². The quantitative estimate of drug-likeness (QED) is 0.559. The Kier molecular flexibility index (Phi) is 4.06. The van der Waals surface area contributed by atoms with Gasteiger partial charge in [-0.05, 0) is 0 Å². The number of hydrogen-bond acceptors (Lipinski definition) is 8. The number of rotatable bonds is 4. The van der Waals surface area contributed by atoms with Gasteiger partial charge in [-0.2, -0.15) is 0 Å². The smallest absolute Gasteiger partial charge is 0.315 e.